The van der Waals surface area contributed by atoms with Crippen LogP contribution in [0.15, 0.2) is 18.2 Å². The highest BCUT2D eigenvalue weighted by Crippen LogP contribution is 2.33. The SMILES string of the molecule is CC1(O)CCCN(C(=O)c2ccc3c(c2)OCO3)C1. The molecule has 5 nitrogen and oxygen atoms in total. The molecule has 1 unspecified atom stereocenters. The van der Waals surface area contributed by atoms with Crippen LogP contribution in [0.2, 0.25) is 0 Å². The molecule has 0 aromatic heterocycles. The molecule has 2 aliphatic rings. The molecule has 1 N–H and O–H groups in total. The van der Waals surface area contributed by atoms with E-state index in [-0.39, 0.29) is 12.7 Å². The summed E-state index contributed by atoms with van der Waals surface area (Å²) in [5.74, 6) is 1.20. The van der Waals surface area contributed by atoms with E-state index >= 15 is 0 Å². The highest BCUT2D eigenvalue weighted by Gasteiger charge is 2.31. The van der Waals surface area contributed by atoms with Gasteiger partial charge in [-0.15, -0.1) is 0 Å². The van der Waals surface area contributed by atoms with E-state index in [1.165, 1.54) is 0 Å². The van der Waals surface area contributed by atoms with Crippen molar-refractivity contribution in [1.82, 2.24) is 4.90 Å². The van der Waals surface area contributed by atoms with Crippen LogP contribution in [0.5, 0.6) is 11.5 Å². The van der Waals surface area contributed by atoms with E-state index in [2.05, 4.69) is 0 Å². The molecule has 2 aliphatic heterocycles. The predicted octanol–water partition coefficient (Wildman–Crippen LogP) is 1.40. The largest absolute Gasteiger partial charge is 0.454 e. The number of hydrogen-bond acceptors (Lipinski definition) is 4. The summed E-state index contributed by atoms with van der Waals surface area (Å²) in [6, 6.07) is 5.19. The molecule has 19 heavy (non-hydrogen) atoms. The molecule has 0 radical (unpaired) electrons. The molecule has 1 amide bonds. The monoisotopic (exact) mass is 263 g/mol. The lowest BCUT2D eigenvalue weighted by molar-refractivity contribution is -0.0107. The Morgan fingerprint density at radius 1 is 1.37 bits per heavy atom. The summed E-state index contributed by atoms with van der Waals surface area (Å²) in [4.78, 5) is 14.1. The van der Waals surface area contributed by atoms with Gasteiger partial charge in [0, 0.05) is 18.7 Å². The van der Waals surface area contributed by atoms with Gasteiger partial charge >= 0.3 is 0 Å². The van der Waals surface area contributed by atoms with Crippen molar-refractivity contribution in [3.8, 4) is 11.5 Å². The molecule has 3 rings (SSSR count). The van der Waals surface area contributed by atoms with Gasteiger partial charge in [-0.1, -0.05) is 0 Å². The average Bonchev–Trinajstić information content (AvgIpc) is 2.83. The second kappa shape index (κ2) is 4.42. The van der Waals surface area contributed by atoms with Crippen molar-refractivity contribution in [2.45, 2.75) is 25.4 Å². The van der Waals surface area contributed by atoms with E-state index in [9.17, 15) is 9.90 Å². The fourth-order valence-electron chi connectivity index (χ4n) is 2.61. The summed E-state index contributed by atoms with van der Waals surface area (Å²) < 4.78 is 10.5. The Morgan fingerprint density at radius 3 is 2.95 bits per heavy atom. The molecule has 1 aromatic rings. The Morgan fingerprint density at radius 2 is 2.16 bits per heavy atom. The number of carbonyl (C=O) groups is 1. The average molecular weight is 263 g/mol. The molecule has 1 saturated heterocycles. The number of fused-ring (bicyclic) bond motifs is 1. The maximum absolute atomic E-state index is 12.4. The molecule has 1 atom stereocenters. The van der Waals surface area contributed by atoms with E-state index in [4.69, 9.17) is 9.47 Å². The first kappa shape index (κ1) is 12.3. The zero-order valence-electron chi connectivity index (χ0n) is 10.9. The van der Waals surface area contributed by atoms with Gasteiger partial charge in [0.25, 0.3) is 5.91 Å². The maximum atomic E-state index is 12.4. The Bertz CT molecular complexity index is 512. The Hall–Kier alpha value is -1.75. The molecule has 0 aliphatic carbocycles. The fourth-order valence-corrected chi connectivity index (χ4v) is 2.61. The molecule has 2 heterocycles. The number of nitrogens with zero attached hydrogens (tertiary/aromatic N) is 1. The highest BCUT2D eigenvalue weighted by molar-refractivity contribution is 5.95. The molecule has 5 heteroatoms. The third-order valence-electron chi connectivity index (χ3n) is 3.58. The molecule has 0 spiro atoms. The Labute approximate surface area is 111 Å². The van der Waals surface area contributed by atoms with Gasteiger partial charge in [-0.3, -0.25) is 4.79 Å². The molecule has 1 aromatic carbocycles. The molecule has 1 fully saturated rings. The van der Waals surface area contributed by atoms with Gasteiger partial charge in [0.05, 0.1) is 5.60 Å². The van der Waals surface area contributed by atoms with Crippen molar-refractivity contribution in [2.24, 2.45) is 0 Å². The molecular formula is C14H17NO4. The van der Waals surface area contributed by atoms with Crippen molar-refractivity contribution in [3.63, 3.8) is 0 Å². The van der Waals surface area contributed by atoms with Crippen LogP contribution in [0.4, 0.5) is 0 Å². The number of β-amino-alcohol motifs (C(OH)–C–C–N with tert-alkyl or cyclic N) is 1. The van der Waals surface area contributed by atoms with Crippen molar-refractivity contribution >= 4 is 5.91 Å². The number of carbonyl (C=O) groups excluding carboxylic acids is 1. The smallest absolute Gasteiger partial charge is 0.254 e. The van der Waals surface area contributed by atoms with Crippen LogP contribution in [0.3, 0.4) is 0 Å². The van der Waals surface area contributed by atoms with Crippen molar-refractivity contribution in [2.75, 3.05) is 19.9 Å². The molecule has 0 saturated carbocycles. The quantitative estimate of drug-likeness (QED) is 0.832. The number of amides is 1. The number of aliphatic hydroxyl groups is 1. The van der Waals surface area contributed by atoms with E-state index < -0.39 is 5.60 Å². The third-order valence-corrected chi connectivity index (χ3v) is 3.58. The topological polar surface area (TPSA) is 59.0 Å². The van der Waals surface area contributed by atoms with Crippen LogP contribution in [-0.2, 0) is 0 Å². The highest BCUT2D eigenvalue weighted by atomic mass is 16.7. The van der Waals surface area contributed by atoms with Crippen LogP contribution in [-0.4, -0.2) is 41.4 Å². The van der Waals surface area contributed by atoms with Gasteiger partial charge in [0.2, 0.25) is 6.79 Å². The van der Waals surface area contributed by atoms with Crippen LogP contribution >= 0.6 is 0 Å². The number of likely N-dealkylation sites (tertiary alicyclic amines) is 1. The van der Waals surface area contributed by atoms with E-state index in [1.54, 1.807) is 30.0 Å². The molecule has 102 valence electrons. The number of ether oxygens (including phenoxy) is 2. The summed E-state index contributed by atoms with van der Waals surface area (Å²) in [7, 11) is 0. The van der Waals surface area contributed by atoms with Gasteiger partial charge in [0.1, 0.15) is 0 Å². The minimum absolute atomic E-state index is 0.0710. The van der Waals surface area contributed by atoms with Gasteiger partial charge in [0.15, 0.2) is 11.5 Å². The van der Waals surface area contributed by atoms with Crippen LogP contribution in [0, 0.1) is 0 Å². The summed E-state index contributed by atoms with van der Waals surface area (Å²) >= 11 is 0. The van der Waals surface area contributed by atoms with Crippen molar-refractivity contribution in [3.05, 3.63) is 23.8 Å². The summed E-state index contributed by atoms with van der Waals surface area (Å²) in [5, 5.41) is 10.1. The lowest BCUT2D eigenvalue weighted by Crippen LogP contribution is -2.48. The van der Waals surface area contributed by atoms with Crippen LogP contribution in [0.1, 0.15) is 30.1 Å². The van der Waals surface area contributed by atoms with Crippen LogP contribution in [0.25, 0.3) is 0 Å². The minimum atomic E-state index is -0.787. The van der Waals surface area contributed by atoms with E-state index in [1.807, 2.05) is 0 Å². The van der Waals surface area contributed by atoms with Crippen LogP contribution < -0.4 is 9.47 Å². The van der Waals surface area contributed by atoms with Crippen molar-refractivity contribution < 1.29 is 19.4 Å². The first-order chi connectivity index (χ1) is 9.05. The lowest BCUT2D eigenvalue weighted by atomic mass is 9.94. The predicted molar refractivity (Wildman–Crippen MR) is 68.3 cm³/mol. The fraction of sp³-hybridized carbons (Fsp3) is 0.500. The van der Waals surface area contributed by atoms with Gasteiger partial charge in [-0.25, -0.2) is 0 Å². The Kier molecular flexibility index (Phi) is 2.86. The van der Waals surface area contributed by atoms with Gasteiger partial charge in [-0.2, -0.15) is 0 Å². The zero-order chi connectivity index (χ0) is 13.5. The second-order valence-corrected chi connectivity index (χ2v) is 5.40. The zero-order valence-corrected chi connectivity index (χ0v) is 10.9. The normalized spacial score (nSPS) is 25.5. The maximum Gasteiger partial charge on any atom is 0.254 e. The number of hydrogen-bond donors (Lipinski definition) is 1. The van der Waals surface area contributed by atoms with Gasteiger partial charge in [-0.05, 0) is 38.0 Å². The van der Waals surface area contributed by atoms with E-state index in [0.29, 0.717) is 30.2 Å². The minimum Gasteiger partial charge on any atom is -0.454 e. The van der Waals surface area contributed by atoms with E-state index in [0.717, 1.165) is 12.8 Å². The first-order valence-electron chi connectivity index (χ1n) is 6.46. The van der Waals surface area contributed by atoms with Crippen molar-refractivity contribution in [1.29, 1.82) is 0 Å². The Balaban J connectivity index is 1.80. The second-order valence-electron chi connectivity index (χ2n) is 5.40. The number of piperidine rings is 1. The standard InChI is InChI=1S/C14H17NO4/c1-14(17)5-2-6-15(8-14)13(16)10-3-4-11-12(7-10)19-9-18-11/h3-4,7,17H,2,5-6,8-9H2,1H3. The summed E-state index contributed by atoms with van der Waals surface area (Å²) in [6.07, 6.45) is 1.56. The summed E-state index contributed by atoms with van der Waals surface area (Å²) in [5.41, 5.74) is -0.216. The van der Waals surface area contributed by atoms with Gasteiger partial charge < -0.3 is 19.5 Å². The first-order valence-corrected chi connectivity index (χ1v) is 6.46. The number of rotatable bonds is 1. The third kappa shape index (κ3) is 2.38. The lowest BCUT2D eigenvalue weighted by Gasteiger charge is -2.36. The molecular weight excluding hydrogens is 246 g/mol. The summed E-state index contributed by atoms with van der Waals surface area (Å²) in [6.45, 7) is 3.03. The molecule has 0 bridgehead atoms. The number of benzene rings is 1.